The van der Waals surface area contributed by atoms with Crippen LogP contribution >= 0.6 is 0 Å². The van der Waals surface area contributed by atoms with Crippen molar-refractivity contribution in [3.63, 3.8) is 0 Å². The van der Waals surface area contributed by atoms with Crippen molar-refractivity contribution < 1.29 is 28.1 Å². The number of pyridine rings is 1. The number of hydrogen-bond donors (Lipinski definition) is 0. The molecule has 1 saturated heterocycles. The van der Waals surface area contributed by atoms with E-state index in [1.807, 2.05) is 42.5 Å². The monoisotopic (exact) mass is 530 g/mol. The van der Waals surface area contributed by atoms with Crippen LogP contribution in [0.5, 0.6) is 17.2 Å². The van der Waals surface area contributed by atoms with Crippen LogP contribution in [-0.4, -0.2) is 56.4 Å². The fourth-order valence-electron chi connectivity index (χ4n) is 5.05. The van der Waals surface area contributed by atoms with Gasteiger partial charge < -0.3 is 23.8 Å². The van der Waals surface area contributed by atoms with Crippen molar-refractivity contribution in [2.75, 3.05) is 34.5 Å². The summed E-state index contributed by atoms with van der Waals surface area (Å²) in [5.74, 6) is 0.878. The molecule has 1 aromatic heterocycles. The Morgan fingerprint density at radius 1 is 0.974 bits per heavy atom. The standard InChI is InChI=1S/C31H31FN2O5/c1-36-26-13-7-5-11-23(26)29-20(17-24-27(37-2)14-15-28(38-3)30(24)33-29)18-34(19-21-9-8-16-39-21)31(35)22-10-4-6-12-25(22)32/h4-7,10-15,17,21H,8-9,16,18-19H2,1-3H3. The number of fused-ring (bicyclic) bond motifs is 1. The Hall–Kier alpha value is -4.17. The molecule has 3 aromatic carbocycles. The number of benzene rings is 3. The van der Waals surface area contributed by atoms with Gasteiger partial charge in [0.2, 0.25) is 0 Å². The normalized spacial score (nSPS) is 14.8. The first-order valence-electron chi connectivity index (χ1n) is 12.9. The van der Waals surface area contributed by atoms with Crippen LogP contribution in [-0.2, 0) is 11.3 Å². The zero-order valence-electron chi connectivity index (χ0n) is 22.3. The summed E-state index contributed by atoms with van der Waals surface area (Å²) in [5, 5.41) is 0.737. The second-order valence-corrected chi connectivity index (χ2v) is 9.36. The highest BCUT2D eigenvalue weighted by Gasteiger charge is 2.27. The van der Waals surface area contributed by atoms with Crippen LogP contribution in [0.4, 0.5) is 4.39 Å². The van der Waals surface area contributed by atoms with Crippen LogP contribution in [0.2, 0.25) is 0 Å². The summed E-state index contributed by atoms with van der Waals surface area (Å²) in [4.78, 5) is 20.4. The highest BCUT2D eigenvalue weighted by molar-refractivity contribution is 5.96. The summed E-state index contributed by atoms with van der Waals surface area (Å²) in [7, 11) is 4.80. The third kappa shape index (κ3) is 5.38. The maximum Gasteiger partial charge on any atom is 0.257 e. The molecule has 0 spiro atoms. The summed E-state index contributed by atoms with van der Waals surface area (Å²) < 4.78 is 37.5. The number of hydrogen-bond acceptors (Lipinski definition) is 6. The molecular weight excluding hydrogens is 499 g/mol. The first kappa shape index (κ1) is 26.4. The predicted molar refractivity (Wildman–Crippen MR) is 147 cm³/mol. The van der Waals surface area contributed by atoms with Gasteiger partial charge in [0.25, 0.3) is 5.91 Å². The molecule has 4 aromatic rings. The van der Waals surface area contributed by atoms with Gasteiger partial charge in [-0.3, -0.25) is 4.79 Å². The molecule has 1 amide bonds. The lowest BCUT2D eigenvalue weighted by Gasteiger charge is -2.27. The maximum atomic E-state index is 14.7. The first-order chi connectivity index (χ1) is 19.0. The number of carbonyl (C=O) groups is 1. The van der Waals surface area contributed by atoms with Gasteiger partial charge in [0.1, 0.15) is 28.6 Å². The van der Waals surface area contributed by atoms with Crippen molar-refractivity contribution in [3.05, 3.63) is 83.7 Å². The SMILES string of the molecule is COc1ccccc1-c1nc2c(OC)ccc(OC)c2cc1CN(CC1CCCO1)C(=O)c1ccccc1F. The molecule has 8 heteroatoms. The molecule has 0 bridgehead atoms. The van der Waals surface area contributed by atoms with Gasteiger partial charge in [-0.05, 0) is 60.9 Å². The van der Waals surface area contributed by atoms with E-state index in [4.69, 9.17) is 23.9 Å². The third-order valence-electron chi connectivity index (χ3n) is 6.99. The van der Waals surface area contributed by atoms with Crippen molar-refractivity contribution >= 4 is 16.8 Å². The molecule has 1 fully saturated rings. The first-order valence-corrected chi connectivity index (χ1v) is 12.9. The van der Waals surface area contributed by atoms with Gasteiger partial charge in [0.15, 0.2) is 0 Å². The molecule has 2 heterocycles. The van der Waals surface area contributed by atoms with E-state index < -0.39 is 11.7 Å². The number of carbonyl (C=O) groups excluding carboxylic acids is 1. The van der Waals surface area contributed by atoms with Crippen molar-refractivity contribution in [1.29, 1.82) is 0 Å². The Balaban J connectivity index is 1.69. The smallest absolute Gasteiger partial charge is 0.257 e. The minimum Gasteiger partial charge on any atom is -0.496 e. The molecule has 1 aliphatic rings. The van der Waals surface area contributed by atoms with Gasteiger partial charge in [0.05, 0.1) is 38.7 Å². The lowest BCUT2D eigenvalue weighted by molar-refractivity contribution is 0.0504. The van der Waals surface area contributed by atoms with Crippen LogP contribution in [0, 0.1) is 5.82 Å². The van der Waals surface area contributed by atoms with Crippen molar-refractivity contribution in [2.24, 2.45) is 0 Å². The lowest BCUT2D eigenvalue weighted by atomic mass is 10.0. The third-order valence-corrected chi connectivity index (χ3v) is 6.99. The number of ether oxygens (including phenoxy) is 4. The molecule has 39 heavy (non-hydrogen) atoms. The Morgan fingerprint density at radius 2 is 1.69 bits per heavy atom. The summed E-state index contributed by atoms with van der Waals surface area (Å²) in [6, 6.07) is 19.2. The van der Waals surface area contributed by atoms with E-state index in [1.54, 1.807) is 38.4 Å². The summed E-state index contributed by atoms with van der Waals surface area (Å²) in [6.45, 7) is 1.14. The minimum atomic E-state index is -0.562. The highest BCUT2D eigenvalue weighted by Crippen LogP contribution is 2.39. The Morgan fingerprint density at radius 3 is 2.41 bits per heavy atom. The Labute approximate surface area is 227 Å². The Kier molecular flexibility index (Phi) is 7.93. The fraction of sp³-hybridized carbons (Fsp3) is 0.290. The average Bonchev–Trinajstić information content (AvgIpc) is 3.49. The number of para-hydroxylation sites is 1. The molecule has 5 rings (SSSR count). The zero-order chi connectivity index (χ0) is 27.4. The Bertz CT molecular complexity index is 1490. The fourth-order valence-corrected chi connectivity index (χ4v) is 5.05. The van der Waals surface area contributed by atoms with Crippen LogP contribution < -0.4 is 14.2 Å². The molecule has 0 saturated carbocycles. The second kappa shape index (κ2) is 11.7. The van der Waals surface area contributed by atoms with Gasteiger partial charge in [0, 0.05) is 30.6 Å². The molecule has 7 nitrogen and oxygen atoms in total. The number of methoxy groups -OCH3 is 3. The van der Waals surface area contributed by atoms with E-state index in [2.05, 4.69) is 0 Å². The summed E-state index contributed by atoms with van der Waals surface area (Å²) in [5.41, 5.74) is 2.78. The molecule has 0 aliphatic carbocycles. The molecule has 202 valence electrons. The van der Waals surface area contributed by atoms with Crippen LogP contribution in [0.3, 0.4) is 0 Å². The van der Waals surface area contributed by atoms with Gasteiger partial charge in [-0.25, -0.2) is 9.37 Å². The second-order valence-electron chi connectivity index (χ2n) is 9.36. The van der Waals surface area contributed by atoms with Gasteiger partial charge in [-0.2, -0.15) is 0 Å². The number of amides is 1. The molecule has 0 N–H and O–H groups in total. The van der Waals surface area contributed by atoms with E-state index in [9.17, 15) is 9.18 Å². The lowest BCUT2D eigenvalue weighted by Crippen LogP contribution is -2.37. The molecular formula is C31H31FN2O5. The van der Waals surface area contributed by atoms with Crippen molar-refractivity contribution in [1.82, 2.24) is 9.88 Å². The number of aromatic nitrogens is 1. The summed E-state index contributed by atoms with van der Waals surface area (Å²) in [6.07, 6.45) is 1.63. The van der Waals surface area contributed by atoms with Gasteiger partial charge >= 0.3 is 0 Å². The maximum absolute atomic E-state index is 14.7. The summed E-state index contributed by atoms with van der Waals surface area (Å²) >= 11 is 0. The van der Waals surface area contributed by atoms with E-state index in [0.717, 1.165) is 29.4 Å². The zero-order valence-corrected chi connectivity index (χ0v) is 22.3. The average molecular weight is 531 g/mol. The van der Waals surface area contributed by atoms with Crippen LogP contribution in [0.1, 0.15) is 28.8 Å². The number of halogens is 1. The highest BCUT2D eigenvalue weighted by atomic mass is 19.1. The number of rotatable bonds is 9. The van der Waals surface area contributed by atoms with Gasteiger partial charge in [-0.1, -0.05) is 24.3 Å². The quantitative estimate of drug-likeness (QED) is 0.269. The largest absolute Gasteiger partial charge is 0.496 e. The number of nitrogens with zero attached hydrogens (tertiary/aromatic N) is 2. The van der Waals surface area contributed by atoms with Crippen molar-refractivity contribution in [3.8, 4) is 28.5 Å². The van der Waals surface area contributed by atoms with Crippen LogP contribution in [0.25, 0.3) is 22.2 Å². The minimum absolute atomic E-state index is 0.0161. The van der Waals surface area contributed by atoms with E-state index in [-0.39, 0.29) is 18.2 Å². The molecule has 1 unspecified atom stereocenters. The van der Waals surface area contributed by atoms with E-state index in [0.29, 0.717) is 41.6 Å². The van der Waals surface area contributed by atoms with E-state index in [1.165, 1.54) is 12.1 Å². The molecule has 1 atom stereocenters. The molecule has 0 radical (unpaired) electrons. The van der Waals surface area contributed by atoms with Gasteiger partial charge in [-0.15, -0.1) is 0 Å². The predicted octanol–water partition coefficient (Wildman–Crippen LogP) is 5.89. The van der Waals surface area contributed by atoms with Crippen molar-refractivity contribution in [2.45, 2.75) is 25.5 Å². The van der Waals surface area contributed by atoms with Crippen LogP contribution in [0.15, 0.2) is 66.7 Å². The van der Waals surface area contributed by atoms with E-state index >= 15 is 0 Å². The topological polar surface area (TPSA) is 70.1 Å². The molecule has 1 aliphatic heterocycles.